The van der Waals surface area contributed by atoms with Gasteiger partial charge in [0.25, 0.3) is 0 Å². The molecule has 3 aromatic rings. The molecule has 0 saturated carbocycles. The summed E-state index contributed by atoms with van der Waals surface area (Å²) in [7, 11) is 0. The number of hydrogen-bond donors (Lipinski definition) is 0. The summed E-state index contributed by atoms with van der Waals surface area (Å²) >= 11 is 0. The highest BCUT2D eigenvalue weighted by Crippen LogP contribution is 2.32. The van der Waals surface area contributed by atoms with Crippen LogP contribution in [0.4, 0.5) is 5.82 Å². The van der Waals surface area contributed by atoms with Crippen molar-refractivity contribution >= 4 is 11.5 Å². The lowest BCUT2D eigenvalue weighted by molar-refractivity contribution is 0.474. The fraction of sp³-hybridized carbons (Fsp3) is 0.476. The van der Waals surface area contributed by atoms with E-state index >= 15 is 0 Å². The number of piperidine rings is 1. The summed E-state index contributed by atoms with van der Waals surface area (Å²) in [5.74, 6) is 2.13. The fourth-order valence-corrected chi connectivity index (χ4v) is 4.45. The number of aromatic nitrogens is 5. The molecule has 7 heteroatoms. The van der Waals surface area contributed by atoms with Crippen molar-refractivity contribution in [3.05, 3.63) is 46.5 Å². The average molecular weight is 373 g/mol. The van der Waals surface area contributed by atoms with Crippen LogP contribution in [0.3, 0.4) is 0 Å². The highest BCUT2D eigenvalue weighted by molar-refractivity contribution is 5.57. The zero-order chi connectivity index (χ0) is 19.1. The van der Waals surface area contributed by atoms with Crippen LogP contribution in [-0.4, -0.2) is 37.9 Å². The Labute approximate surface area is 164 Å². The van der Waals surface area contributed by atoms with Gasteiger partial charge >= 0.3 is 0 Å². The molecule has 3 aromatic heterocycles. The van der Waals surface area contributed by atoms with E-state index in [0.29, 0.717) is 11.5 Å². The van der Waals surface area contributed by atoms with E-state index in [9.17, 15) is 5.26 Å². The van der Waals surface area contributed by atoms with Gasteiger partial charge in [-0.1, -0.05) is 0 Å². The fourth-order valence-electron chi connectivity index (χ4n) is 4.45. The molecule has 0 spiro atoms. The lowest BCUT2D eigenvalue weighted by Crippen LogP contribution is -2.35. The van der Waals surface area contributed by atoms with E-state index in [0.717, 1.165) is 61.8 Å². The minimum Gasteiger partial charge on any atom is -0.355 e. The van der Waals surface area contributed by atoms with Gasteiger partial charge in [-0.05, 0) is 69.2 Å². The van der Waals surface area contributed by atoms with Gasteiger partial charge in [-0.15, -0.1) is 10.2 Å². The van der Waals surface area contributed by atoms with Crippen molar-refractivity contribution in [1.29, 1.82) is 5.26 Å². The first-order valence-corrected chi connectivity index (χ1v) is 10.1. The molecule has 0 bridgehead atoms. The van der Waals surface area contributed by atoms with E-state index in [1.165, 1.54) is 24.1 Å². The maximum absolute atomic E-state index is 9.65. The molecule has 1 saturated heterocycles. The minimum absolute atomic E-state index is 0.323. The monoisotopic (exact) mass is 373 g/mol. The van der Waals surface area contributed by atoms with Gasteiger partial charge in [0.2, 0.25) is 0 Å². The Morgan fingerprint density at radius 2 is 1.93 bits per heavy atom. The number of fused-ring (bicyclic) bond motifs is 2. The Morgan fingerprint density at radius 1 is 1.11 bits per heavy atom. The predicted molar refractivity (Wildman–Crippen MR) is 105 cm³/mol. The normalized spacial score (nSPS) is 17.5. The van der Waals surface area contributed by atoms with E-state index in [4.69, 9.17) is 4.98 Å². The summed E-state index contributed by atoms with van der Waals surface area (Å²) < 4.78 is 1.88. The van der Waals surface area contributed by atoms with Gasteiger partial charge in [-0.25, -0.2) is 4.98 Å². The molecule has 5 rings (SSSR count). The molecule has 1 fully saturated rings. The molecule has 0 N–H and O–H groups in total. The van der Waals surface area contributed by atoms with Crippen LogP contribution in [0.2, 0.25) is 0 Å². The Kier molecular flexibility index (Phi) is 4.19. The lowest BCUT2D eigenvalue weighted by atomic mass is 9.93. The first-order chi connectivity index (χ1) is 13.7. The molecule has 0 atom stereocenters. The summed E-state index contributed by atoms with van der Waals surface area (Å²) in [5, 5.41) is 22.9. The van der Waals surface area contributed by atoms with Gasteiger partial charge in [0.05, 0.1) is 11.3 Å². The molecule has 7 nitrogen and oxygen atoms in total. The molecule has 142 valence electrons. The van der Waals surface area contributed by atoms with Crippen molar-refractivity contribution in [3.8, 4) is 6.07 Å². The number of anilines is 1. The molecule has 1 aliphatic carbocycles. The lowest BCUT2D eigenvalue weighted by Gasteiger charge is -2.33. The second kappa shape index (κ2) is 6.86. The van der Waals surface area contributed by atoms with Crippen LogP contribution in [0.25, 0.3) is 5.65 Å². The van der Waals surface area contributed by atoms with Crippen LogP contribution in [-0.2, 0) is 12.8 Å². The minimum atomic E-state index is 0.323. The van der Waals surface area contributed by atoms with Gasteiger partial charge in [0.15, 0.2) is 11.5 Å². The Hall–Kier alpha value is -3.01. The van der Waals surface area contributed by atoms with Gasteiger partial charge in [-0.3, -0.25) is 0 Å². The molecule has 0 aromatic carbocycles. The van der Waals surface area contributed by atoms with Gasteiger partial charge in [0.1, 0.15) is 11.9 Å². The van der Waals surface area contributed by atoms with Crippen LogP contribution in [0.1, 0.15) is 59.9 Å². The Balaban J connectivity index is 1.39. The molecule has 0 amide bonds. The third kappa shape index (κ3) is 2.89. The number of rotatable bonds is 2. The largest absolute Gasteiger partial charge is 0.355 e. The first-order valence-electron chi connectivity index (χ1n) is 10.1. The van der Waals surface area contributed by atoms with Gasteiger partial charge < -0.3 is 4.90 Å². The maximum atomic E-state index is 9.65. The van der Waals surface area contributed by atoms with Crippen molar-refractivity contribution in [1.82, 2.24) is 24.8 Å². The van der Waals surface area contributed by atoms with Crippen LogP contribution < -0.4 is 4.90 Å². The predicted octanol–water partition coefficient (Wildman–Crippen LogP) is 2.96. The molecular formula is C21H23N7. The van der Waals surface area contributed by atoms with Gasteiger partial charge in [-0.2, -0.15) is 14.9 Å². The van der Waals surface area contributed by atoms with Gasteiger partial charge in [0, 0.05) is 24.7 Å². The van der Waals surface area contributed by atoms with E-state index < -0.39 is 0 Å². The van der Waals surface area contributed by atoms with Crippen molar-refractivity contribution in [3.63, 3.8) is 0 Å². The molecule has 0 unspecified atom stereocenters. The van der Waals surface area contributed by atoms with E-state index in [2.05, 4.69) is 32.3 Å². The van der Waals surface area contributed by atoms with E-state index in [-0.39, 0.29) is 0 Å². The number of nitriles is 1. The topological polar surface area (TPSA) is 83.0 Å². The summed E-state index contributed by atoms with van der Waals surface area (Å²) in [6, 6.07) is 8.37. The zero-order valence-corrected chi connectivity index (χ0v) is 16.1. The molecule has 1 aliphatic heterocycles. The summed E-state index contributed by atoms with van der Waals surface area (Å²) in [5.41, 5.74) is 4.92. The highest BCUT2D eigenvalue weighted by Gasteiger charge is 2.27. The van der Waals surface area contributed by atoms with Crippen molar-refractivity contribution in [2.24, 2.45) is 0 Å². The Morgan fingerprint density at radius 3 is 2.75 bits per heavy atom. The third-order valence-electron chi connectivity index (χ3n) is 5.98. The highest BCUT2D eigenvalue weighted by atomic mass is 15.4. The molecule has 0 radical (unpaired) electrons. The second-order valence-corrected chi connectivity index (χ2v) is 7.85. The number of pyridine rings is 1. The van der Waals surface area contributed by atoms with Crippen LogP contribution in [0.5, 0.6) is 0 Å². The molecular weight excluding hydrogens is 350 g/mol. The van der Waals surface area contributed by atoms with Crippen LogP contribution in [0, 0.1) is 18.3 Å². The number of nitrogens with zero attached hydrogens (tertiary/aromatic N) is 7. The van der Waals surface area contributed by atoms with E-state index in [1.54, 1.807) is 0 Å². The summed E-state index contributed by atoms with van der Waals surface area (Å²) in [6.07, 6.45) is 6.39. The second-order valence-electron chi connectivity index (χ2n) is 7.85. The SMILES string of the molecule is Cc1ccc2nnc(C3CCN(c4nc5c(cc4C#N)CCCC5)CC3)n2n1. The standard InChI is InChI=1S/C21H23N7/c1-14-6-7-19-24-25-21(28(19)26-14)15-8-10-27(11-9-15)20-17(13-22)12-16-4-2-3-5-18(16)23-20/h6-7,12,15H,2-5,8-11H2,1H3. The smallest absolute Gasteiger partial charge is 0.177 e. The first kappa shape index (κ1) is 17.1. The van der Waals surface area contributed by atoms with Crippen LogP contribution in [0.15, 0.2) is 18.2 Å². The van der Waals surface area contributed by atoms with Crippen molar-refractivity contribution in [2.45, 2.75) is 51.4 Å². The summed E-state index contributed by atoms with van der Waals surface area (Å²) in [4.78, 5) is 7.18. The summed E-state index contributed by atoms with van der Waals surface area (Å²) in [6.45, 7) is 3.72. The Bertz CT molecular complexity index is 1070. The van der Waals surface area contributed by atoms with Crippen LogP contribution >= 0.6 is 0 Å². The quantitative estimate of drug-likeness (QED) is 0.687. The van der Waals surface area contributed by atoms with Crippen molar-refractivity contribution in [2.75, 3.05) is 18.0 Å². The molecule has 28 heavy (non-hydrogen) atoms. The number of hydrogen-bond acceptors (Lipinski definition) is 6. The number of aryl methyl sites for hydroxylation is 3. The molecule has 2 aliphatic rings. The zero-order valence-electron chi connectivity index (χ0n) is 16.1. The molecule has 4 heterocycles. The van der Waals surface area contributed by atoms with E-state index in [1.807, 2.05) is 23.6 Å². The van der Waals surface area contributed by atoms with Crippen molar-refractivity contribution < 1.29 is 0 Å². The maximum Gasteiger partial charge on any atom is 0.177 e. The third-order valence-corrected chi connectivity index (χ3v) is 5.98. The average Bonchev–Trinajstić information content (AvgIpc) is 3.16.